The van der Waals surface area contributed by atoms with Crippen molar-refractivity contribution in [1.82, 2.24) is 15.6 Å². The summed E-state index contributed by atoms with van der Waals surface area (Å²) < 4.78 is 5.36. The molecule has 1 unspecified atom stereocenters. The number of ether oxygens (including phenoxy) is 1. The first-order valence-electron chi connectivity index (χ1n) is 13.9. The summed E-state index contributed by atoms with van der Waals surface area (Å²) in [6.07, 6.45) is 8.51. The Balaban J connectivity index is 2.23. The van der Waals surface area contributed by atoms with E-state index in [1.807, 2.05) is 6.92 Å². The van der Waals surface area contributed by atoms with Crippen molar-refractivity contribution in [2.75, 3.05) is 19.0 Å². The van der Waals surface area contributed by atoms with Crippen LogP contribution in [-0.2, 0) is 4.79 Å². The van der Waals surface area contributed by atoms with Gasteiger partial charge in [0.25, 0.3) is 5.91 Å². The minimum absolute atomic E-state index is 0.0564. The van der Waals surface area contributed by atoms with Crippen molar-refractivity contribution in [3.8, 4) is 5.88 Å². The van der Waals surface area contributed by atoms with Crippen LogP contribution in [0.25, 0.3) is 0 Å². The van der Waals surface area contributed by atoms with Crippen molar-refractivity contribution in [3.05, 3.63) is 17.7 Å². The molecule has 0 aromatic carbocycles. The topological polar surface area (TPSA) is 113 Å². The first-order chi connectivity index (χ1) is 17.3. The largest absolute Gasteiger partial charge is 0.481 e. The molecule has 2 heterocycles. The number of anilines is 1. The van der Waals surface area contributed by atoms with E-state index in [0.29, 0.717) is 42.6 Å². The fourth-order valence-electron chi connectivity index (χ4n) is 4.77. The molecule has 4 N–H and O–H groups in total. The summed E-state index contributed by atoms with van der Waals surface area (Å²) in [6.45, 7) is 8.88. The molecule has 0 spiro atoms. The zero-order chi connectivity index (χ0) is 26.5. The maximum absolute atomic E-state index is 13.3. The summed E-state index contributed by atoms with van der Waals surface area (Å²) in [7, 11) is 1.54. The van der Waals surface area contributed by atoms with Crippen LogP contribution in [0.3, 0.4) is 0 Å². The van der Waals surface area contributed by atoms with Crippen molar-refractivity contribution >= 4 is 17.6 Å². The van der Waals surface area contributed by atoms with Gasteiger partial charge in [-0.15, -0.1) is 0 Å². The molecule has 1 aromatic rings. The third-order valence-electron chi connectivity index (χ3n) is 7.18. The molecule has 0 saturated heterocycles. The Bertz CT molecular complexity index is 819. The zero-order valence-electron chi connectivity index (χ0n) is 22.9. The fourth-order valence-corrected chi connectivity index (χ4v) is 4.77. The van der Waals surface area contributed by atoms with Crippen LogP contribution in [0.5, 0.6) is 5.88 Å². The Morgan fingerprint density at radius 2 is 1.97 bits per heavy atom. The van der Waals surface area contributed by atoms with Crippen molar-refractivity contribution < 1.29 is 19.4 Å². The second-order valence-corrected chi connectivity index (χ2v) is 10.4. The van der Waals surface area contributed by atoms with Crippen LogP contribution in [0.2, 0.25) is 0 Å². The number of nitrogens with zero attached hydrogens (tertiary/aromatic N) is 1. The Morgan fingerprint density at radius 1 is 1.22 bits per heavy atom. The summed E-state index contributed by atoms with van der Waals surface area (Å²) in [5.41, 5.74) is 0.435. The number of pyridine rings is 1. The number of aliphatic hydroxyl groups is 1. The predicted molar refractivity (Wildman–Crippen MR) is 144 cm³/mol. The van der Waals surface area contributed by atoms with Gasteiger partial charge in [-0.1, -0.05) is 59.8 Å². The van der Waals surface area contributed by atoms with Gasteiger partial charge < -0.3 is 25.8 Å². The maximum Gasteiger partial charge on any atom is 0.251 e. The van der Waals surface area contributed by atoms with Gasteiger partial charge in [-0.05, 0) is 44.1 Å². The Kier molecular flexibility index (Phi) is 13.0. The van der Waals surface area contributed by atoms with Gasteiger partial charge in [0.05, 0.1) is 19.3 Å². The summed E-state index contributed by atoms with van der Waals surface area (Å²) in [5, 5.41) is 20.6. The summed E-state index contributed by atoms with van der Waals surface area (Å²) in [4.78, 5) is 30.3. The lowest BCUT2D eigenvalue weighted by atomic mass is 9.89. The van der Waals surface area contributed by atoms with Gasteiger partial charge >= 0.3 is 0 Å². The van der Waals surface area contributed by atoms with E-state index >= 15 is 0 Å². The summed E-state index contributed by atoms with van der Waals surface area (Å²) >= 11 is 0. The Morgan fingerprint density at radius 3 is 2.67 bits per heavy atom. The number of methoxy groups -OCH3 is 1. The van der Waals surface area contributed by atoms with Crippen LogP contribution in [0.4, 0.5) is 5.82 Å². The highest BCUT2D eigenvalue weighted by Crippen LogP contribution is 2.24. The number of aliphatic hydroxyl groups excluding tert-OH is 1. The molecule has 204 valence electrons. The molecule has 2 amide bonds. The molecule has 2 rings (SSSR count). The molecule has 5 atom stereocenters. The number of carbonyl (C=O) groups is 2. The monoisotopic (exact) mass is 504 g/mol. The van der Waals surface area contributed by atoms with E-state index in [9.17, 15) is 14.7 Å². The smallest absolute Gasteiger partial charge is 0.251 e. The third kappa shape index (κ3) is 9.96. The number of hydrogen-bond acceptors (Lipinski definition) is 6. The number of hydrogen-bond donors (Lipinski definition) is 4. The Labute approximate surface area is 217 Å². The zero-order valence-corrected chi connectivity index (χ0v) is 22.9. The molecule has 8 heteroatoms. The van der Waals surface area contributed by atoms with Crippen LogP contribution < -0.4 is 20.7 Å². The number of nitrogens with one attached hydrogen (secondary N) is 3. The van der Waals surface area contributed by atoms with Crippen molar-refractivity contribution in [3.63, 3.8) is 0 Å². The molecular formula is C28H48N4O4. The molecule has 2 bridgehead atoms. The van der Waals surface area contributed by atoms with Crippen molar-refractivity contribution in [2.45, 2.75) is 110 Å². The molecule has 0 radical (unpaired) electrons. The SMILES string of the molecule is CCCCNC(=O)[C@H](C)C[C@H](O)[C@@H]1C[C@H](C)CCCCCC(CC)Nc2cc(cc(OC)n2)C(=O)N1. The van der Waals surface area contributed by atoms with Gasteiger partial charge in [0.2, 0.25) is 11.8 Å². The van der Waals surface area contributed by atoms with Crippen LogP contribution >= 0.6 is 0 Å². The molecule has 0 saturated carbocycles. The standard InChI is InChI=1S/C28H48N4O4/c1-6-8-14-29-27(34)20(4)16-24(33)23-15-19(3)12-10-9-11-13-22(7-2)30-25-17-21(28(35)31-23)18-26(32-25)36-5/h17-20,22-24,33H,6-16H2,1-5H3,(H,29,34)(H,30,32)(H,31,35)/t19-,20-,22?,23+,24+/m1/s1. The highest BCUT2D eigenvalue weighted by Gasteiger charge is 2.28. The lowest BCUT2D eigenvalue weighted by molar-refractivity contribution is -0.125. The number of aromatic nitrogens is 1. The van der Waals surface area contributed by atoms with E-state index in [4.69, 9.17) is 4.74 Å². The van der Waals surface area contributed by atoms with Gasteiger partial charge in [-0.3, -0.25) is 9.59 Å². The van der Waals surface area contributed by atoms with Crippen LogP contribution in [0.15, 0.2) is 12.1 Å². The maximum atomic E-state index is 13.3. The predicted octanol–water partition coefficient (Wildman–Crippen LogP) is 4.67. The molecule has 1 aliphatic heterocycles. The Hall–Kier alpha value is -2.35. The molecule has 0 fully saturated rings. The van der Waals surface area contributed by atoms with Crippen LogP contribution in [-0.4, -0.2) is 53.7 Å². The molecule has 8 nitrogen and oxygen atoms in total. The van der Waals surface area contributed by atoms with E-state index in [1.54, 1.807) is 12.1 Å². The van der Waals surface area contributed by atoms with Gasteiger partial charge in [-0.25, -0.2) is 0 Å². The highest BCUT2D eigenvalue weighted by molar-refractivity contribution is 5.95. The normalized spacial score (nSPS) is 23.3. The third-order valence-corrected chi connectivity index (χ3v) is 7.18. The quantitative estimate of drug-likeness (QED) is 0.364. The lowest BCUT2D eigenvalue weighted by Crippen LogP contribution is -2.46. The summed E-state index contributed by atoms with van der Waals surface area (Å²) in [6, 6.07) is 3.19. The molecular weight excluding hydrogens is 456 g/mol. The first kappa shape index (κ1) is 29.9. The minimum atomic E-state index is -0.829. The van der Waals surface area contributed by atoms with E-state index < -0.39 is 12.1 Å². The fraction of sp³-hybridized carbons (Fsp3) is 0.750. The molecule has 0 aliphatic carbocycles. The minimum Gasteiger partial charge on any atom is -0.481 e. The van der Waals surface area contributed by atoms with E-state index in [-0.39, 0.29) is 23.8 Å². The van der Waals surface area contributed by atoms with Gasteiger partial charge in [0, 0.05) is 30.1 Å². The molecule has 36 heavy (non-hydrogen) atoms. The second-order valence-electron chi connectivity index (χ2n) is 10.4. The van der Waals surface area contributed by atoms with Crippen molar-refractivity contribution in [2.24, 2.45) is 11.8 Å². The number of rotatable bonds is 9. The van der Waals surface area contributed by atoms with E-state index in [1.165, 1.54) is 7.11 Å². The first-order valence-corrected chi connectivity index (χ1v) is 13.9. The number of unbranched alkanes of at least 4 members (excludes halogenated alkanes) is 1. The molecule has 1 aliphatic rings. The average molecular weight is 505 g/mol. The number of amides is 2. The number of fused-ring (bicyclic) bond motifs is 2. The number of carbonyl (C=O) groups excluding carboxylic acids is 2. The average Bonchev–Trinajstić information content (AvgIpc) is 2.86. The van der Waals surface area contributed by atoms with Gasteiger partial charge in [0.1, 0.15) is 5.82 Å². The lowest BCUT2D eigenvalue weighted by Gasteiger charge is -2.28. The van der Waals surface area contributed by atoms with Crippen LogP contribution in [0.1, 0.15) is 102 Å². The molecule has 1 aromatic heterocycles. The summed E-state index contributed by atoms with van der Waals surface area (Å²) in [5.74, 6) is 0.642. The van der Waals surface area contributed by atoms with Crippen LogP contribution in [0, 0.1) is 11.8 Å². The highest BCUT2D eigenvalue weighted by atomic mass is 16.5. The van der Waals surface area contributed by atoms with Gasteiger partial charge in [-0.2, -0.15) is 4.98 Å². The van der Waals surface area contributed by atoms with Crippen molar-refractivity contribution in [1.29, 1.82) is 0 Å². The van der Waals surface area contributed by atoms with E-state index in [0.717, 1.165) is 51.4 Å². The second kappa shape index (κ2) is 15.7. The van der Waals surface area contributed by atoms with Gasteiger partial charge in [0.15, 0.2) is 0 Å². The van der Waals surface area contributed by atoms with E-state index in [2.05, 4.69) is 41.7 Å².